The van der Waals surface area contributed by atoms with Crippen molar-refractivity contribution in [2.45, 2.75) is 81.4 Å². The topological polar surface area (TPSA) is 126 Å². The normalized spacial score (nSPS) is 22.7. The number of Topliss-reactive ketones (excluding diaryl/α,β-unsaturated/α-hetero) is 1. The zero-order valence-corrected chi connectivity index (χ0v) is 23.5. The van der Waals surface area contributed by atoms with E-state index in [4.69, 9.17) is 0 Å². The molecule has 1 aliphatic heterocycles. The molecule has 0 spiro atoms. The van der Waals surface area contributed by atoms with Crippen molar-refractivity contribution in [1.82, 2.24) is 19.9 Å². The number of nitrogens with one attached hydrogen (secondary N) is 2. The molecule has 2 aliphatic rings. The van der Waals surface area contributed by atoms with Crippen LogP contribution in [0.3, 0.4) is 0 Å². The van der Waals surface area contributed by atoms with E-state index in [1.807, 2.05) is 11.0 Å². The van der Waals surface area contributed by atoms with E-state index in [1.165, 1.54) is 23.0 Å². The van der Waals surface area contributed by atoms with Crippen molar-refractivity contribution in [3.05, 3.63) is 45.9 Å². The predicted molar refractivity (Wildman–Crippen MR) is 140 cm³/mol. The molecule has 0 bridgehead atoms. The van der Waals surface area contributed by atoms with E-state index in [0.717, 1.165) is 25.7 Å². The maximum absolute atomic E-state index is 13.4. The molecule has 2 aromatic rings. The Morgan fingerprint density at radius 1 is 1.11 bits per heavy atom. The summed E-state index contributed by atoms with van der Waals surface area (Å²) in [5.41, 5.74) is 0. The fourth-order valence-corrected chi connectivity index (χ4v) is 8.00. The third-order valence-corrected chi connectivity index (χ3v) is 11.0. The molecule has 1 saturated carbocycles. The number of hydrogen-bond acceptors (Lipinski definition) is 6. The molecule has 2 N–H and O–H groups in total. The Labute approximate surface area is 224 Å². The van der Waals surface area contributed by atoms with Crippen molar-refractivity contribution in [2.75, 3.05) is 6.54 Å². The van der Waals surface area contributed by atoms with Crippen molar-refractivity contribution < 1.29 is 22.8 Å². The summed E-state index contributed by atoms with van der Waals surface area (Å²) in [5, 5.41) is 5.67. The van der Waals surface area contributed by atoms with Gasteiger partial charge in [0.2, 0.25) is 0 Å². The van der Waals surface area contributed by atoms with E-state index in [2.05, 4.69) is 15.6 Å². The Kier molecular flexibility index (Phi) is 9.34. The van der Waals surface area contributed by atoms with Gasteiger partial charge in [0.1, 0.15) is 0 Å². The Hall–Kier alpha value is -2.33. The van der Waals surface area contributed by atoms with Gasteiger partial charge in [-0.05, 0) is 12.1 Å². The van der Waals surface area contributed by atoms with Crippen LogP contribution in [0.15, 0.2) is 46.5 Å². The van der Waals surface area contributed by atoms with Crippen LogP contribution < -0.4 is 10.6 Å². The third kappa shape index (κ3) is 6.96. The van der Waals surface area contributed by atoms with Crippen molar-refractivity contribution >= 4 is 42.1 Å². The third-order valence-electron chi connectivity index (χ3n) is 7.25. The minimum Gasteiger partial charge on any atom is -0.243 e. The first kappa shape index (κ1) is 27.7. The van der Waals surface area contributed by atoms with Crippen LogP contribution in [-0.4, -0.2) is 74.5 Å². The number of nitrogens with zero attached hydrogens (tertiary/aromatic N) is 2. The number of carbonyl (C=O) groups is 3. The Bertz CT molecular complexity index is 1180. The molecule has 200 valence electrons. The predicted octanol–water partition coefficient (Wildman–Crippen LogP) is 2.13. The van der Waals surface area contributed by atoms with Crippen LogP contribution in [0.2, 0.25) is 0 Å². The van der Waals surface area contributed by atoms with E-state index >= 15 is 0 Å². The zero-order chi connectivity index (χ0) is 26.4. The van der Waals surface area contributed by atoms with Crippen LogP contribution in [0, 0.1) is 5.92 Å². The van der Waals surface area contributed by atoms with Crippen molar-refractivity contribution in [3.8, 4) is 0 Å². The molecule has 3 atom stereocenters. The number of ketones is 1. The molecule has 0 radical (unpaired) electrons. The average Bonchev–Trinajstić information content (AvgIpc) is 3.40. The summed E-state index contributed by atoms with van der Waals surface area (Å²) < 4.78 is 28.2. The molecular weight excluding hydrogens is 559 g/mol. The van der Waals surface area contributed by atoms with Gasteiger partial charge in [-0.3, -0.25) is 0 Å². The summed E-state index contributed by atoms with van der Waals surface area (Å²) >= 11 is -0.0497. The number of aromatic nitrogens is 1. The standard InChI is InChI=1S/C26H34N4O5SSe/c1-18-12-13-20(22(31)17-30(18)36(34,35)24-11-5-6-14-27-24)28-25(32)21(16-19-8-3-2-4-9-19)29-26(33)23-10-7-15-37-23/h5-7,10-11,14-15,18-21H,2-4,8-9,12-13,16-17H2,1H3,(H,28,32)(H,29,33)/t18?,20-,21+/m1/s1. The second kappa shape index (κ2) is 12.5. The minimum atomic E-state index is -3.96. The van der Waals surface area contributed by atoms with Gasteiger partial charge >= 0.3 is 195 Å². The maximum atomic E-state index is 13.4. The van der Waals surface area contributed by atoms with Gasteiger partial charge in [0.15, 0.2) is 0 Å². The number of hydrogen-bond donors (Lipinski definition) is 2. The molecule has 3 heterocycles. The van der Waals surface area contributed by atoms with Crippen LogP contribution in [-0.2, 0) is 19.6 Å². The van der Waals surface area contributed by atoms with E-state index in [1.54, 1.807) is 25.1 Å². The first-order chi connectivity index (χ1) is 17.8. The van der Waals surface area contributed by atoms with Gasteiger partial charge in [0, 0.05) is 6.20 Å². The first-order valence-corrected chi connectivity index (χ1v) is 16.1. The Morgan fingerprint density at radius 2 is 1.89 bits per heavy atom. The van der Waals surface area contributed by atoms with Crippen LogP contribution in [0.4, 0.5) is 0 Å². The summed E-state index contributed by atoms with van der Waals surface area (Å²) in [7, 11) is -3.96. The van der Waals surface area contributed by atoms with Crippen molar-refractivity contribution in [3.63, 3.8) is 0 Å². The summed E-state index contributed by atoms with van der Waals surface area (Å²) in [6.07, 6.45) is 8.12. The van der Waals surface area contributed by atoms with Gasteiger partial charge in [-0.15, -0.1) is 0 Å². The van der Waals surface area contributed by atoms with E-state index in [-0.39, 0.29) is 43.7 Å². The molecule has 37 heavy (non-hydrogen) atoms. The second-order valence-electron chi connectivity index (χ2n) is 9.92. The van der Waals surface area contributed by atoms with Gasteiger partial charge < -0.3 is 0 Å². The number of pyridine rings is 1. The van der Waals surface area contributed by atoms with Crippen LogP contribution in [0.25, 0.3) is 0 Å². The summed E-state index contributed by atoms with van der Waals surface area (Å²) in [6, 6.07) is 6.26. The van der Waals surface area contributed by atoms with Crippen LogP contribution in [0.5, 0.6) is 0 Å². The summed E-state index contributed by atoms with van der Waals surface area (Å²) in [6.45, 7) is 1.42. The van der Waals surface area contributed by atoms with Crippen LogP contribution >= 0.6 is 0 Å². The monoisotopic (exact) mass is 594 g/mol. The molecule has 2 amide bonds. The van der Waals surface area contributed by atoms with Gasteiger partial charge in [-0.1, -0.05) is 6.07 Å². The number of sulfonamides is 1. The fourth-order valence-electron chi connectivity index (χ4n) is 5.12. The molecule has 1 saturated heterocycles. The molecule has 1 unspecified atom stereocenters. The number of amides is 2. The van der Waals surface area contributed by atoms with Gasteiger partial charge in [0.05, 0.1) is 0 Å². The van der Waals surface area contributed by atoms with Gasteiger partial charge in [0.25, 0.3) is 0 Å². The smallest absolute Gasteiger partial charge is 0.243 e. The molecule has 9 nitrogen and oxygen atoms in total. The average molecular weight is 594 g/mol. The van der Waals surface area contributed by atoms with Gasteiger partial charge in [-0.25, -0.2) is 4.98 Å². The van der Waals surface area contributed by atoms with Crippen molar-refractivity contribution in [1.29, 1.82) is 0 Å². The van der Waals surface area contributed by atoms with Gasteiger partial charge in [-0.2, -0.15) is 0 Å². The Balaban J connectivity index is 1.46. The molecule has 4 rings (SSSR count). The Morgan fingerprint density at radius 3 is 2.57 bits per heavy atom. The molecule has 2 aromatic heterocycles. The summed E-state index contributed by atoms with van der Waals surface area (Å²) in [4.78, 5) is 45.3. The first-order valence-electron chi connectivity index (χ1n) is 12.9. The van der Waals surface area contributed by atoms with E-state index < -0.39 is 28.1 Å². The quantitative estimate of drug-likeness (QED) is 0.452. The van der Waals surface area contributed by atoms with E-state index in [0.29, 0.717) is 29.6 Å². The molecule has 11 heteroatoms. The zero-order valence-electron chi connectivity index (χ0n) is 21.0. The molecular formula is C26H34N4O5SSe. The van der Waals surface area contributed by atoms with Crippen LogP contribution in [0.1, 0.15) is 67.5 Å². The van der Waals surface area contributed by atoms with Crippen molar-refractivity contribution in [2.24, 2.45) is 5.92 Å². The molecule has 2 fully saturated rings. The van der Waals surface area contributed by atoms with E-state index in [9.17, 15) is 22.8 Å². The second-order valence-corrected chi connectivity index (χ2v) is 13.7. The number of carbonyl (C=O) groups excluding carboxylic acids is 3. The molecule has 0 aromatic carbocycles. The minimum absolute atomic E-state index is 0.0497. The number of rotatable bonds is 8. The molecule has 1 aliphatic carbocycles. The summed E-state index contributed by atoms with van der Waals surface area (Å²) in [5.74, 6) is -0.653. The SMILES string of the molecule is CC1CC[C@@H](NC(=O)[C@H](CC2CCCCC2)NC(=O)c2ccc[se]2)C(=O)CN1S(=O)(=O)c1ccccn1. The fraction of sp³-hybridized carbons (Fsp3) is 0.538.